The molecule has 0 bridgehead atoms. The highest BCUT2D eigenvalue weighted by molar-refractivity contribution is 5.54. The molecule has 0 aliphatic carbocycles. The first kappa shape index (κ1) is 12.7. The van der Waals surface area contributed by atoms with Crippen molar-refractivity contribution in [1.29, 1.82) is 10.5 Å². The zero-order chi connectivity index (χ0) is 13.7. The van der Waals surface area contributed by atoms with E-state index in [2.05, 4.69) is 17.5 Å². The maximum Gasteiger partial charge on any atom is 0.0991 e. The monoisotopic (exact) mass is 247 g/mol. The van der Waals surface area contributed by atoms with Gasteiger partial charge in [-0.3, -0.25) is 0 Å². The molecule has 0 amide bonds. The Kier molecular flexibility index (Phi) is 3.81. The summed E-state index contributed by atoms with van der Waals surface area (Å²) in [6.45, 7) is 2.62. The smallest absolute Gasteiger partial charge is 0.0991 e. The molecule has 0 fully saturated rings. The minimum absolute atomic E-state index is 0.655. The molecule has 19 heavy (non-hydrogen) atoms. The van der Waals surface area contributed by atoms with Crippen molar-refractivity contribution in [2.75, 3.05) is 5.32 Å². The lowest BCUT2D eigenvalue weighted by molar-refractivity contribution is 1.14. The molecule has 92 valence electrons. The summed E-state index contributed by atoms with van der Waals surface area (Å²) in [4.78, 5) is 0. The summed E-state index contributed by atoms with van der Waals surface area (Å²) < 4.78 is 0. The second-order valence-corrected chi connectivity index (χ2v) is 4.31. The van der Waals surface area contributed by atoms with Crippen LogP contribution in [0.3, 0.4) is 0 Å². The van der Waals surface area contributed by atoms with Crippen molar-refractivity contribution in [1.82, 2.24) is 0 Å². The van der Waals surface area contributed by atoms with E-state index in [0.29, 0.717) is 17.7 Å². The van der Waals surface area contributed by atoms with Gasteiger partial charge in [-0.15, -0.1) is 0 Å². The third-order valence-electron chi connectivity index (χ3n) is 2.89. The Labute approximate surface area is 112 Å². The topological polar surface area (TPSA) is 59.6 Å². The van der Waals surface area contributed by atoms with Crippen LogP contribution in [-0.4, -0.2) is 0 Å². The molecule has 3 nitrogen and oxygen atoms in total. The van der Waals surface area contributed by atoms with Crippen LogP contribution in [0.15, 0.2) is 42.5 Å². The molecular weight excluding hydrogens is 234 g/mol. The number of nitriles is 2. The van der Waals surface area contributed by atoms with Gasteiger partial charge in [0.2, 0.25) is 0 Å². The molecule has 2 aromatic rings. The van der Waals surface area contributed by atoms with Crippen LogP contribution in [0, 0.1) is 29.6 Å². The van der Waals surface area contributed by atoms with E-state index >= 15 is 0 Å². The van der Waals surface area contributed by atoms with Crippen molar-refractivity contribution in [2.24, 2.45) is 0 Å². The van der Waals surface area contributed by atoms with E-state index < -0.39 is 0 Å². The number of nitrogens with one attached hydrogen (secondary N) is 1. The third kappa shape index (κ3) is 3.12. The molecule has 0 aromatic heterocycles. The second kappa shape index (κ2) is 5.71. The van der Waals surface area contributed by atoms with Gasteiger partial charge in [0.25, 0.3) is 0 Å². The standard InChI is InChI=1S/C16H13N3/c1-12-7-14(10-18)5-6-16(12)19-11-15-4-2-3-13(8-15)9-17/h2-8,19H,11H2,1H3. The van der Waals surface area contributed by atoms with E-state index in [1.807, 2.05) is 37.3 Å². The van der Waals surface area contributed by atoms with E-state index in [1.54, 1.807) is 12.1 Å². The van der Waals surface area contributed by atoms with Gasteiger partial charge < -0.3 is 5.32 Å². The zero-order valence-corrected chi connectivity index (χ0v) is 10.6. The number of rotatable bonds is 3. The van der Waals surface area contributed by atoms with Crippen LogP contribution in [0.25, 0.3) is 0 Å². The largest absolute Gasteiger partial charge is 0.381 e. The van der Waals surface area contributed by atoms with Gasteiger partial charge in [0.15, 0.2) is 0 Å². The van der Waals surface area contributed by atoms with Crippen molar-refractivity contribution >= 4 is 5.69 Å². The van der Waals surface area contributed by atoms with Crippen LogP contribution >= 0.6 is 0 Å². The average Bonchev–Trinajstić information content (AvgIpc) is 2.46. The first-order valence-electron chi connectivity index (χ1n) is 5.96. The first-order valence-corrected chi connectivity index (χ1v) is 5.96. The minimum atomic E-state index is 0.655. The summed E-state index contributed by atoms with van der Waals surface area (Å²) in [7, 11) is 0. The molecule has 0 radical (unpaired) electrons. The van der Waals surface area contributed by atoms with Crippen LogP contribution in [0.2, 0.25) is 0 Å². The number of hydrogen-bond acceptors (Lipinski definition) is 3. The predicted molar refractivity (Wildman–Crippen MR) is 74.4 cm³/mol. The van der Waals surface area contributed by atoms with Gasteiger partial charge in [0.05, 0.1) is 23.3 Å². The predicted octanol–water partition coefficient (Wildman–Crippen LogP) is 3.35. The summed E-state index contributed by atoms with van der Waals surface area (Å²) in [5, 5.41) is 21.0. The second-order valence-electron chi connectivity index (χ2n) is 4.31. The molecule has 1 N–H and O–H groups in total. The highest BCUT2D eigenvalue weighted by Gasteiger charge is 2.00. The summed E-state index contributed by atoms with van der Waals surface area (Å²) in [6, 6.07) is 17.3. The fraction of sp³-hybridized carbons (Fsp3) is 0.125. The van der Waals surface area contributed by atoms with Gasteiger partial charge in [-0.2, -0.15) is 10.5 Å². The summed E-state index contributed by atoms with van der Waals surface area (Å²) in [6.07, 6.45) is 0. The van der Waals surface area contributed by atoms with Gasteiger partial charge in [0.1, 0.15) is 0 Å². The lowest BCUT2D eigenvalue weighted by Gasteiger charge is -2.10. The van der Waals surface area contributed by atoms with Gasteiger partial charge in [-0.1, -0.05) is 12.1 Å². The van der Waals surface area contributed by atoms with E-state index in [0.717, 1.165) is 16.8 Å². The van der Waals surface area contributed by atoms with Crippen molar-refractivity contribution in [2.45, 2.75) is 13.5 Å². The molecule has 3 heteroatoms. The number of aryl methyl sites for hydroxylation is 1. The van der Waals surface area contributed by atoms with E-state index in [-0.39, 0.29) is 0 Å². The summed E-state index contributed by atoms with van der Waals surface area (Å²) in [5.74, 6) is 0. The quantitative estimate of drug-likeness (QED) is 0.904. The molecule has 2 rings (SSSR count). The third-order valence-corrected chi connectivity index (χ3v) is 2.89. The lowest BCUT2D eigenvalue weighted by atomic mass is 10.1. The molecule has 2 aromatic carbocycles. The maximum atomic E-state index is 8.85. The van der Waals surface area contributed by atoms with Crippen LogP contribution in [0.1, 0.15) is 22.3 Å². The number of nitrogens with zero attached hydrogens (tertiary/aromatic N) is 2. The van der Waals surface area contributed by atoms with E-state index in [1.165, 1.54) is 0 Å². The van der Waals surface area contributed by atoms with Crippen molar-refractivity contribution in [3.63, 3.8) is 0 Å². The van der Waals surface area contributed by atoms with Gasteiger partial charge >= 0.3 is 0 Å². The SMILES string of the molecule is Cc1cc(C#N)ccc1NCc1cccc(C#N)c1. The van der Waals surface area contributed by atoms with Crippen LogP contribution in [0.5, 0.6) is 0 Å². The van der Waals surface area contributed by atoms with Crippen molar-refractivity contribution in [3.8, 4) is 12.1 Å². The Balaban J connectivity index is 2.11. The van der Waals surface area contributed by atoms with Crippen LogP contribution in [-0.2, 0) is 6.54 Å². The van der Waals surface area contributed by atoms with Crippen molar-refractivity contribution < 1.29 is 0 Å². The molecule has 0 aliphatic heterocycles. The lowest BCUT2D eigenvalue weighted by Crippen LogP contribution is -2.01. The number of benzene rings is 2. The molecule has 0 aliphatic rings. The summed E-state index contributed by atoms with van der Waals surface area (Å²) in [5.41, 5.74) is 4.42. The molecular formula is C16H13N3. The Hall–Kier alpha value is -2.78. The molecule has 0 heterocycles. The summed E-state index contributed by atoms with van der Waals surface area (Å²) >= 11 is 0. The van der Waals surface area contributed by atoms with E-state index in [4.69, 9.17) is 10.5 Å². The van der Waals surface area contributed by atoms with Gasteiger partial charge in [0, 0.05) is 12.2 Å². The number of anilines is 1. The Bertz CT molecular complexity index is 675. The Morgan fingerprint density at radius 1 is 1.00 bits per heavy atom. The highest BCUT2D eigenvalue weighted by atomic mass is 14.9. The van der Waals surface area contributed by atoms with Crippen molar-refractivity contribution in [3.05, 3.63) is 64.7 Å². The molecule has 0 saturated heterocycles. The minimum Gasteiger partial charge on any atom is -0.381 e. The maximum absolute atomic E-state index is 8.85. The number of hydrogen-bond donors (Lipinski definition) is 1. The Morgan fingerprint density at radius 3 is 2.42 bits per heavy atom. The fourth-order valence-electron chi connectivity index (χ4n) is 1.88. The fourth-order valence-corrected chi connectivity index (χ4v) is 1.88. The van der Waals surface area contributed by atoms with Crippen LogP contribution < -0.4 is 5.32 Å². The molecule has 0 saturated carbocycles. The molecule has 0 unspecified atom stereocenters. The molecule has 0 spiro atoms. The van der Waals surface area contributed by atoms with Gasteiger partial charge in [-0.05, 0) is 48.4 Å². The van der Waals surface area contributed by atoms with E-state index in [9.17, 15) is 0 Å². The normalized spacial score (nSPS) is 9.42. The zero-order valence-electron chi connectivity index (χ0n) is 10.6. The first-order chi connectivity index (χ1) is 9.22. The molecule has 0 atom stereocenters. The van der Waals surface area contributed by atoms with Crippen LogP contribution in [0.4, 0.5) is 5.69 Å². The average molecular weight is 247 g/mol. The highest BCUT2D eigenvalue weighted by Crippen LogP contribution is 2.17. The Morgan fingerprint density at radius 2 is 1.74 bits per heavy atom. The van der Waals surface area contributed by atoms with Gasteiger partial charge in [-0.25, -0.2) is 0 Å².